The molecule has 29 heavy (non-hydrogen) atoms. The van der Waals surface area contributed by atoms with Crippen molar-refractivity contribution in [2.75, 3.05) is 0 Å². The van der Waals surface area contributed by atoms with Gasteiger partial charge in [0.1, 0.15) is 0 Å². The lowest BCUT2D eigenvalue weighted by molar-refractivity contribution is 0.219. The second-order valence-electron chi connectivity index (χ2n) is 8.21. The highest BCUT2D eigenvalue weighted by Crippen LogP contribution is 2.18. The second kappa shape index (κ2) is 12.8. The number of aryl methyl sites for hydroxylation is 1. The van der Waals surface area contributed by atoms with Crippen LogP contribution >= 0.6 is 0 Å². The maximum absolute atomic E-state index is 12.3. The Morgan fingerprint density at radius 1 is 0.897 bits per heavy atom. The molecular formula is C25H38O3S. The van der Waals surface area contributed by atoms with Crippen molar-refractivity contribution in [3.05, 3.63) is 64.8 Å². The van der Waals surface area contributed by atoms with E-state index >= 15 is 0 Å². The van der Waals surface area contributed by atoms with E-state index in [1.165, 1.54) is 16.7 Å². The van der Waals surface area contributed by atoms with Crippen LogP contribution in [0.5, 0.6) is 0 Å². The largest absolute Gasteiger partial charge is 0.297 e. The molecule has 0 amide bonds. The van der Waals surface area contributed by atoms with Crippen molar-refractivity contribution < 1.29 is 12.6 Å². The van der Waals surface area contributed by atoms with Crippen LogP contribution in [-0.4, -0.2) is 14.5 Å². The van der Waals surface area contributed by atoms with Gasteiger partial charge in [0.25, 0.3) is 10.1 Å². The fraction of sp³-hybridized carbons (Fsp3) is 0.520. The molecule has 0 aromatic heterocycles. The predicted octanol–water partition coefficient (Wildman–Crippen LogP) is 7.29. The van der Waals surface area contributed by atoms with Gasteiger partial charge in [-0.05, 0) is 92.2 Å². The first-order valence-corrected chi connectivity index (χ1v) is 12.0. The van der Waals surface area contributed by atoms with Crippen molar-refractivity contribution in [1.82, 2.24) is 0 Å². The van der Waals surface area contributed by atoms with Crippen molar-refractivity contribution in [3.63, 3.8) is 0 Å². The Hall–Kier alpha value is -1.65. The summed E-state index contributed by atoms with van der Waals surface area (Å²) in [4.78, 5) is 0.216. The molecule has 0 aliphatic heterocycles. The highest BCUT2D eigenvalue weighted by atomic mass is 32.2. The lowest BCUT2D eigenvalue weighted by Crippen LogP contribution is -2.15. The summed E-state index contributed by atoms with van der Waals surface area (Å²) >= 11 is 0. The summed E-state index contributed by atoms with van der Waals surface area (Å²) in [7, 11) is -3.70. The van der Waals surface area contributed by atoms with Crippen LogP contribution in [0, 0.1) is 6.92 Å². The van der Waals surface area contributed by atoms with Gasteiger partial charge in [-0.15, -0.1) is 0 Å². The first-order chi connectivity index (χ1) is 13.6. The van der Waals surface area contributed by atoms with E-state index in [9.17, 15) is 8.42 Å². The topological polar surface area (TPSA) is 43.4 Å². The van der Waals surface area contributed by atoms with E-state index in [0.717, 1.165) is 37.7 Å². The first-order valence-electron chi connectivity index (χ1n) is 10.5. The molecule has 1 aromatic carbocycles. The number of allylic oxidation sites excluding steroid dienone is 6. The minimum atomic E-state index is -3.70. The lowest BCUT2D eigenvalue weighted by Gasteiger charge is -2.12. The molecule has 0 aliphatic carbocycles. The minimum absolute atomic E-state index is 0.216. The van der Waals surface area contributed by atoms with E-state index in [1.54, 1.807) is 24.3 Å². The number of hydrogen-bond donors (Lipinski definition) is 0. The molecule has 0 N–H and O–H groups in total. The molecule has 4 heteroatoms. The van der Waals surface area contributed by atoms with Crippen LogP contribution in [-0.2, 0) is 14.3 Å². The summed E-state index contributed by atoms with van der Waals surface area (Å²) in [6.07, 6.45) is 12.3. The van der Waals surface area contributed by atoms with Crippen LogP contribution in [0.4, 0.5) is 0 Å². The SMILES string of the molecule is CC(C)=CCC/C(C)=C/CC/C(C)=C/CCC(C)OS(=O)(=O)c1ccc(C)cc1. The van der Waals surface area contributed by atoms with Gasteiger partial charge in [0.15, 0.2) is 0 Å². The zero-order valence-electron chi connectivity index (χ0n) is 19.0. The molecule has 1 atom stereocenters. The lowest BCUT2D eigenvalue weighted by atomic mass is 10.1. The molecule has 0 saturated carbocycles. The quantitative estimate of drug-likeness (QED) is 0.264. The number of benzene rings is 1. The molecule has 0 fully saturated rings. The Balaban J connectivity index is 2.37. The zero-order valence-corrected chi connectivity index (χ0v) is 19.8. The zero-order chi connectivity index (χ0) is 21.9. The maximum atomic E-state index is 12.3. The van der Waals surface area contributed by atoms with E-state index < -0.39 is 10.1 Å². The van der Waals surface area contributed by atoms with E-state index in [2.05, 4.69) is 45.9 Å². The molecule has 0 saturated heterocycles. The van der Waals surface area contributed by atoms with Crippen LogP contribution in [0.25, 0.3) is 0 Å². The van der Waals surface area contributed by atoms with Gasteiger partial charge in [-0.2, -0.15) is 8.42 Å². The monoisotopic (exact) mass is 418 g/mol. The molecule has 0 heterocycles. The molecule has 0 bridgehead atoms. The highest BCUT2D eigenvalue weighted by Gasteiger charge is 2.18. The average Bonchev–Trinajstić information content (AvgIpc) is 2.61. The van der Waals surface area contributed by atoms with E-state index in [1.807, 2.05) is 13.8 Å². The van der Waals surface area contributed by atoms with E-state index in [0.29, 0.717) is 6.42 Å². The highest BCUT2D eigenvalue weighted by molar-refractivity contribution is 7.86. The van der Waals surface area contributed by atoms with Gasteiger partial charge in [-0.25, -0.2) is 0 Å². The molecule has 1 rings (SSSR count). The number of rotatable bonds is 12. The van der Waals surface area contributed by atoms with Gasteiger partial charge in [-0.1, -0.05) is 52.6 Å². The average molecular weight is 419 g/mol. The Morgan fingerprint density at radius 2 is 1.41 bits per heavy atom. The van der Waals surface area contributed by atoms with Crippen molar-refractivity contribution in [2.24, 2.45) is 0 Å². The summed E-state index contributed by atoms with van der Waals surface area (Å²) in [6.45, 7) is 12.4. The molecule has 1 unspecified atom stereocenters. The Kier molecular flexibility index (Phi) is 11.2. The fourth-order valence-electron chi connectivity index (χ4n) is 2.93. The Labute approximate surface area is 178 Å². The van der Waals surface area contributed by atoms with Crippen molar-refractivity contribution >= 4 is 10.1 Å². The second-order valence-corrected chi connectivity index (χ2v) is 9.78. The Bertz CT molecular complexity index is 808. The molecule has 3 nitrogen and oxygen atoms in total. The fourth-order valence-corrected chi connectivity index (χ4v) is 4.04. The molecule has 0 aliphatic rings. The molecule has 0 radical (unpaired) electrons. The Morgan fingerprint density at radius 3 is 1.97 bits per heavy atom. The molecular weight excluding hydrogens is 380 g/mol. The smallest absolute Gasteiger partial charge is 0.263 e. The summed E-state index contributed by atoms with van der Waals surface area (Å²) in [5, 5.41) is 0. The van der Waals surface area contributed by atoms with E-state index in [-0.39, 0.29) is 11.0 Å². The van der Waals surface area contributed by atoms with Crippen LogP contribution in [0.1, 0.15) is 78.7 Å². The van der Waals surface area contributed by atoms with E-state index in [4.69, 9.17) is 4.18 Å². The predicted molar refractivity (Wildman–Crippen MR) is 124 cm³/mol. The van der Waals surface area contributed by atoms with Gasteiger partial charge in [0, 0.05) is 0 Å². The normalized spacial score (nSPS) is 14.0. The third kappa shape index (κ3) is 11.2. The van der Waals surface area contributed by atoms with Crippen molar-refractivity contribution in [2.45, 2.75) is 91.1 Å². The molecule has 162 valence electrons. The first kappa shape index (κ1) is 25.4. The molecule has 0 spiro atoms. The van der Waals surface area contributed by atoms with Gasteiger partial charge in [0.2, 0.25) is 0 Å². The van der Waals surface area contributed by atoms with Crippen LogP contribution in [0.2, 0.25) is 0 Å². The van der Waals surface area contributed by atoms with Crippen LogP contribution in [0.15, 0.2) is 64.1 Å². The standard InChI is InChI=1S/C25H38O3S/c1-20(2)10-7-11-21(3)12-8-13-22(4)14-9-15-24(6)28-29(26,27)25-18-16-23(5)17-19-25/h10,12,14,16-19,24H,7-9,11,13,15H2,1-6H3/b21-12+,22-14+. The third-order valence-electron chi connectivity index (χ3n) is 4.79. The third-order valence-corrected chi connectivity index (χ3v) is 6.22. The van der Waals surface area contributed by atoms with Crippen LogP contribution in [0.3, 0.4) is 0 Å². The molecule has 1 aromatic rings. The van der Waals surface area contributed by atoms with Gasteiger partial charge in [-0.3, -0.25) is 4.18 Å². The maximum Gasteiger partial charge on any atom is 0.297 e. The van der Waals surface area contributed by atoms with Gasteiger partial charge in [0.05, 0.1) is 11.0 Å². The summed E-state index contributed by atoms with van der Waals surface area (Å²) in [5.41, 5.74) is 5.18. The van der Waals surface area contributed by atoms with Gasteiger partial charge >= 0.3 is 0 Å². The number of hydrogen-bond acceptors (Lipinski definition) is 3. The summed E-state index contributed by atoms with van der Waals surface area (Å²) in [5.74, 6) is 0. The minimum Gasteiger partial charge on any atom is -0.263 e. The van der Waals surface area contributed by atoms with Crippen molar-refractivity contribution in [3.8, 4) is 0 Å². The van der Waals surface area contributed by atoms with Crippen LogP contribution < -0.4 is 0 Å². The summed E-state index contributed by atoms with van der Waals surface area (Å²) < 4.78 is 30.0. The van der Waals surface area contributed by atoms with Crippen molar-refractivity contribution in [1.29, 1.82) is 0 Å². The summed E-state index contributed by atoms with van der Waals surface area (Å²) in [6, 6.07) is 6.75. The van der Waals surface area contributed by atoms with Gasteiger partial charge < -0.3 is 0 Å².